The van der Waals surface area contributed by atoms with Crippen molar-refractivity contribution in [2.75, 3.05) is 19.8 Å². The Hall–Kier alpha value is -0.900. The quantitative estimate of drug-likeness (QED) is 0.803. The third-order valence-corrected chi connectivity index (χ3v) is 3.14. The lowest BCUT2D eigenvalue weighted by Crippen LogP contribution is -2.52. The Bertz CT molecular complexity index is 307. The van der Waals surface area contributed by atoms with E-state index in [4.69, 9.17) is 10.5 Å². The molecule has 0 aromatic heterocycles. The average molecular weight is 220 g/mol. The fraction of sp³-hybridized carbons (Fsp3) is 0.538. The van der Waals surface area contributed by atoms with Gasteiger partial charge < -0.3 is 15.8 Å². The topological polar surface area (TPSA) is 47.3 Å². The van der Waals surface area contributed by atoms with Gasteiger partial charge >= 0.3 is 0 Å². The van der Waals surface area contributed by atoms with Crippen LogP contribution in [0.15, 0.2) is 30.3 Å². The van der Waals surface area contributed by atoms with Crippen molar-refractivity contribution >= 4 is 0 Å². The number of hydrogen-bond donors (Lipinski definition) is 2. The first-order chi connectivity index (χ1) is 7.79. The van der Waals surface area contributed by atoms with Crippen LogP contribution in [0.4, 0.5) is 0 Å². The summed E-state index contributed by atoms with van der Waals surface area (Å²) in [4.78, 5) is 0. The summed E-state index contributed by atoms with van der Waals surface area (Å²) in [6.45, 7) is 3.35. The third-order valence-electron chi connectivity index (χ3n) is 3.14. The first-order valence-electron chi connectivity index (χ1n) is 5.90. The van der Waals surface area contributed by atoms with Crippen molar-refractivity contribution in [3.63, 3.8) is 0 Å². The maximum Gasteiger partial charge on any atom is 0.0484 e. The summed E-state index contributed by atoms with van der Waals surface area (Å²) in [7, 11) is 0. The summed E-state index contributed by atoms with van der Waals surface area (Å²) in [5, 5.41) is 3.43. The lowest BCUT2D eigenvalue weighted by molar-refractivity contribution is 0.0531. The van der Waals surface area contributed by atoms with Gasteiger partial charge in [0.1, 0.15) is 0 Å². The van der Waals surface area contributed by atoms with Crippen molar-refractivity contribution in [2.24, 2.45) is 5.73 Å². The van der Waals surface area contributed by atoms with Gasteiger partial charge in [0.2, 0.25) is 0 Å². The maximum absolute atomic E-state index is 6.28. The molecule has 1 saturated heterocycles. The van der Waals surface area contributed by atoms with E-state index in [0.29, 0.717) is 0 Å². The molecule has 1 heterocycles. The first-order valence-corrected chi connectivity index (χ1v) is 5.90. The number of hydrogen-bond acceptors (Lipinski definition) is 3. The Morgan fingerprint density at radius 1 is 1.19 bits per heavy atom. The number of rotatable bonds is 4. The van der Waals surface area contributed by atoms with Crippen LogP contribution in [0.2, 0.25) is 0 Å². The van der Waals surface area contributed by atoms with E-state index in [2.05, 4.69) is 29.6 Å². The van der Waals surface area contributed by atoms with Crippen molar-refractivity contribution in [1.29, 1.82) is 0 Å². The van der Waals surface area contributed by atoms with Gasteiger partial charge in [0, 0.05) is 31.8 Å². The molecule has 3 heteroatoms. The van der Waals surface area contributed by atoms with E-state index in [9.17, 15) is 0 Å². The van der Waals surface area contributed by atoms with Gasteiger partial charge in [-0.15, -0.1) is 0 Å². The molecule has 0 aliphatic carbocycles. The summed E-state index contributed by atoms with van der Waals surface area (Å²) in [6.07, 6.45) is 1.91. The van der Waals surface area contributed by atoms with Gasteiger partial charge in [-0.1, -0.05) is 30.3 Å². The molecule has 0 bridgehead atoms. The standard InChI is InChI=1S/C13H20N2O/c14-13(6-8-16-9-7-13)11-15-10-12-4-2-1-3-5-12/h1-5,15H,6-11,14H2. The van der Waals surface area contributed by atoms with Gasteiger partial charge in [0.15, 0.2) is 0 Å². The molecule has 1 fully saturated rings. The number of nitrogens with one attached hydrogen (secondary N) is 1. The number of benzene rings is 1. The molecule has 16 heavy (non-hydrogen) atoms. The second-order valence-electron chi connectivity index (χ2n) is 4.56. The van der Waals surface area contributed by atoms with Crippen LogP contribution in [0.3, 0.4) is 0 Å². The second-order valence-corrected chi connectivity index (χ2v) is 4.56. The van der Waals surface area contributed by atoms with E-state index in [1.54, 1.807) is 0 Å². The molecule has 2 rings (SSSR count). The Morgan fingerprint density at radius 3 is 2.56 bits per heavy atom. The van der Waals surface area contributed by atoms with E-state index < -0.39 is 0 Å². The van der Waals surface area contributed by atoms with Crippen LogP contribution in [0.1, 0.15) is 18.4 Å². The van der Waals surface area contributed by atoms with Gasteiger partial charge in [-0.2, -0.15) is 0 Å². The molecule has 0 atom stereocenters. The molecule has 3 nitrogen and oxygen atoms in total. The van der Waals surface area contributed by atoms with Gasteiger partial charge in [-0.3, -0.25) is 0 Å². The molecule has 0 saturated carbocycles. The lowest BCUT2D eigenvalue weighted by Gasteiger charge is -2.33. The molecule has 3 N–H and O–H groups in total. The molecular weight excluding hydrogens is 200 g/mol. The average Bonchev–Trinajstić information content (AvgIpc) is 2.31. The Kier molecular flexibility index (Phi) is 3.93. The van der Waals surface area contributed by atoms with Crippen molar-refractivity contribution in [1.82, 2.24) is 5.32 Å². The summed E-state index contributed by atoms with van der Waals surface area (Å²) < 4.78 is 5.32. The summed E-state index contributed by atoms with van der Waals surface area (Å²) in [6, 6.07) is 10.4. The molecule has 1 aliphatic heterocycles. The van der Waals surface area contributed by atoms with Crippen molar-refractivity contribution in [3.8, 4) is 0 Å². The first kappa shape index (κ1) is 11.6. The zero-order valence-electron chi connectivity index (χ0n) is 9.61. The molecule has 0 amide bonds. The second kappa shape index (κ2) is 5.43. The highest BCUT2D eigenvalue weighted by molar-refractivity contribution is 5.14. The molecular formula is C13H20N2O. The van der Waals surface area contributed by atoms with Crippen molar-refractivity contribution < 1.29 is 4.74 Å². The van der Waals surface area contributed by atoms with Crippen LogP contribution in [-0.2, 0) is 11.3 Å². The number of ether oxygens (including phenoxy) is 1. The van der Waals surface area contributed by atoms with E-state index in [1.165, 1.54) is 5.56 Å². The van der Waals surface area contributed by atoms with Crippen LogP contribution in [0, 0.1) is 0 Å². The minimum atomic E-state index is -0.0764. The van der Waals surface area contributed by atoms with Crippen LogP contribution in [-0.4, -0.2) is 25.3 Å². The fourth-order valence-electron chi connectivity index (χ4n) is 2.01. The van der Waals surface area contributed by atoms with Crippen LogP contribution in [0.5, 0.6) is 0 Å². The monoisotopic (exact) mass is 220 g/mol. The number of nitrogens with two attached hydrogens (primary N) is 1. The lowest BCUT2D eigenvalue weighted by atomic mass is 9.91. The smallest absolute Gasteiger partial charge is 0.0484 e. The zero-order valence-corrected chi connectivity index (χ0v) is 9.61. The highest BCUT2D eigenvalue weighted by atomic mass is 16.5. The Morgan fingerprint density at radius 2 is 1.88 bits per heavy atom. The molecule has 88 valence electrons. The molecule has 0 spiro atoms. The highest BCUT2D eigenvalue weighted by Gasteiger charge is 2.27. The van der Waals surface area contributed by atoms with E-state index in [1.807, 2.05) is 6.07 Å². The normalized spacial score (nSPS) is 19.6. The molecule has 0 radical (unpaired) electrons. The molecule has 1 aromatic rings. The summed E-state index contributed by atoms with van der Waals surface area (Å²) in [5.41, 5.74) is 7.51. The Balaban J connectivity index is 1.75. The fourth-order valence-corrected chi connectivity index (χ4v) is 2.01. The molecule has 1 aromatic carbocycles. The predicted molar refractivity (Wildman–Crippen MR) is 65.1 cm³/mol. The van der Waals surface area contributed by atoms with Crippen molar-refractivity contribution in [3.05, 3.63) is 35.9 Å². The Labute approximate surface area is 97.0 Å². The van der Waals surface area contributed by atoms with Crippen LogP contribution < -0.4 is 11.1 Å². The summed E-state index contributed by atoms with van der Waals surface area (Å²) in [5.74, 6) is 0. The largest absolute Gasteiger partial charge is 0.381 e. The van der Waals surface area contributed by atoms with Gasteiger partial charge in [-0.05, 0) is 18.4 Å². The molecule has 1 aliphatic rings. The minimum Gasteiger partial charge on any atom is -0.381 e. The maximum atomic E-state index is 6.28. The van der Waals surface area contributed by atoms with E-state index in [-0.39, 0.29) is 5.54 Å². The minimum absolute atomic E-state index is 0.0764. The SMILES string of the molecule is NC1(CNCc2ccccc2)CCOCC1. The van der Waals surface area contributed by atoms with Crippen LogP contribution in [0.25, 0.3) is 0 Å². The van der Waals surface area contributed by atoms with Crippen LogP contribution >= 0.6 is 0 Å². The van der Waals surface area contributed by atoms with Gasteiger partial charge in [0.05, 0.1) is 0 Å². The summed E-state index contributed by atoms with van der Waals surface area (Å²) >= 11 is 0. The zero-order chi connectivity index (χ0) is 11.3. The third kappa shape index (κ3) is 3.30. The van der Waals surface area contributed by atoms with Gasteiger partial charge in [-0.25, -0.2) is 0 Å². The molecule has 0 unspecified atom stereocenters. The van der Waals surface area contributed by atoms with E-state index in [0.717, 1.165) is 39.1 Å². The predicted octanol–water partition coefficient (Wildman–Crippen LogP) is 1.28. The van der Waals surface area contributed by atoms with Gasteiger partial charge in [0.25, 0.3) is 0 Å². The van der Waals surface area contributed by atoms with E-state index >= 15 is 0 Å². The van der Waals surface area contributed by atoms with Crippen molar-refractivity contribution in [2.45, 2.75) is 24.9 Å². The highest BCUT2D eigenvalue weighted by Crippen LogP contribution is 2.16.